The molecule has 2 aliphatic rings. The maximum absolute atomic E-state index is 11.3. The van der Waals surface area contributed by atoms with Crippen LogP contribution in [-0.2, 0) is 4.74 Å². The van der Waals surface area contributed by atoms with Crippen molar-refractivity contribution in [3.8, 4) is 0 Å². The van der Waals surface area contributed by atoms with Gasteiger partial charge >= 0.3 is 6.09 Å². The summed E-state index contributed by atoms with van der Waals surface area (Å²) in [6.07, 6.45) is 5.47. The van der Waals surface area contributed by atoms with E-state index in [0.717, 1.165) is 13.0 Å². The maximum Gasteiger partial charge on any atom is 0.410 e. The molecular weight excluding hydrogens is 166 g/mol. The van der Waals surface area contributed by atoms with Crippen LogP contribution in [0.5, 0.6) is 0 Å². The van der Waals surface area contributed by atoms with Crippen LogP contribution in [0.3, 0.4) is 0 Å². The Bertz CT molecular complexity index is 247. The predicted molar refractivity (Wildman–Crippen MR) is 49.5 cm³/mol. The fourth-order valence-corrected chi connectivity index (χ4v) is 1.96. The van der Waals surface area contributed by atoms with E-state index in [1.165, 1.54) is 18.4 Å². The van der Waals surface area contributed by atoms with Gasteiger partial charge in [-0.1, -0.05) is 11.6 Å². The van der Waals surface area contributed by atoms with E-state index in [1.54, 1.807) is 0 Å². The highest BCUT2D eigenvalue weighted by Gasteiger charge is 2.31. The number of allylic oxidation sites excluding steroid dienone is 1. The van der Waals surface area contributed by atoms with Gasteiger partial charge in [0.15, 0.2) is 0 Å². The highest BCUT2D eigenvalue weighted by molar-refractivity contribution is 5.70. The zero-order chi connectivity index (χ0) is 9.26. The number of ether oxygens (including phenoxy) is 1. The summed E-state index contributed by atoms with van der Waals surface area (Å²) < 4.78 is 5.00. The number of cyclic esters (lactones) is 1. The number of nitrogens with zero attached hydrogens (tertiary/aromatic N) is 1. The first kappa shape index (κ1) is 8.60. The van der Waals surface area contributed by atoms with Gasteiger partial charge in [-0.05, 0) is 26.2 Å². The van der Waals surface area contributed by atoms with Gasteiger partial charge in [-0.3, -0.25) is 4.90 Å². The first-order valence-corrected chi connectivity index (χ1v) is 4.88. The molecule has 0 aromatic carbocycles. The van der Waals surface area contributed by atoms with Crippen LogP contribution in [0, 0.1) is 0 Å². The van der Waals surface area contributed by atoms with Gasteiger partial charge in [0.1, 0.15) is 6.61 Å². The van der Waals surface area contributed by atoms with E-state index in [-0.39, 0.29) is 12.1 Å². The molecule has 0 radical (unpaired) electrons. The average molecular weight is 181 g/mol. The second-order valence-electron chi connectivity index (χ2n) is 3.81. The third-order valence-corrected chi connectivity index (χ3v) is 2.71. The molecule has 2 rings (SSSR count). The molecule has 0 bridgehead atoms. The Balaban J connectivity index is 2.16. The van der Waals surface area contributed by atoms with Crippen molar-refractivity contribution in [1.82, 2.24) is 4.90 Å². The Morgan fingerprint density at radius 3 is 3.23 bits per heavy atom. The van der Waals surface area contributed by atoms with Crippen LogP contribution in [0.25, 0.3) is 0 Å². The lowest BCUT2D eigenvalue weighted by Crippen LogP contribution is -2.33. The number of fused-ring (bicyclic) bond motifs is 1. The largest absolute Gasteiger partial charge is 0.447 e. The molecule has 3 heteroatoms. The van der Waals surface area contributed by atoms with E-state index in [1.807, 2.05) is 4.90 Å². The van der Waals surface area contributed by atoms with E-state index in [4.69, 9.17) is 4.74 Å². The fraction of sp³-hybridized carbons (Fsp3) is 0.700. The topological polar surface area (TPSA) is 29.5 Å². The van der Waals surface area contributed by atoms with Crippen LogP contribution >= 0.6 is 0 Å². The van der Waals surface area contributed by atoms with Crippen molar-refractivity contribution in [3.63, 3.8) is 0 Å². The van der Waals surface area contributed by atoms with Crippen molar-refractivity contribution in [2.24, 2.45) is 0 Å². The Labute approximate surface area is 78.4 Å². The maximum atomic E-state index is 11.3. The van der Waals surface area contributed by atoms with Crippen molar-refractivity contribution in [2.75, 3.05) is 13.2 Å². The molecule has 0 saturated carbocycles. The molecule has 1 unspecified atom stereocenters. The minimum absolute atomic E-state index is 0.143. The van der Waals surface area contributed by atoms with E-state index >= 15 is 0 Å². The van der Waals surface area contributed by atoms with Crippen LogP contribution in [0.15, 0.2) is 11.6 Å². The second kappa shape index (κ2) is 3.40. The van der Waals surface area contributed by atoms with Gasteiger partial charge in [-0.25, -0.2) is 4.79 Å². The highest BCUT2D eigenvalue weighted by atomic mass is 16.6. The first-order valence-electron chi connectivity index (χ1n) is 4.88. The summed E-state index contributed by atoms with van der Waals surface area (Å²) in [5, 5.41) is 0. The average Bonchev–Trinajstić information content (AvgIpc) is 2.38. The molecule has 0 N–H and O–H groups in total. The van der Waals surface area contributed by atoms with E-state index in [9.17, 15) is 4.79 Å². The summed E-state index contributed by atoms with van der Waals surface area (Å²) in [6.45, 7) is 3.52. The van der Waals surface area contributed by atoms with Crippen LogP contribution in [0.4, 0.5) is 4.79 Å². The molecule has 1 saturated heterocycles. The molecule has 1 fully saturated rings. The van der Waals surface area contributed by atoms with Crippen LogP contribution < -0.4 is 0 Å². The molecule has 0 aromatic heterocycles. The second-order valence-corrected chi connectivity index (χ2v) is 3.81. The standard InChI is InChI=1S/C10H15NO2/c1-8-4-2-3-5-11-9(6-8)7-13-10(11)12/h6,9H,2-5,7H2,1H3/b8-6-. The van der Waals surface area contributed by atoms with Crippen LogP contribution in [0.2, 0.25) is 0 Å². The van der Waals surface area contributed by atoms with Crippen molar-refractivity contribution < 1.29 is 9.53 Å². The summed E-state index contributed by atoms with van der Waals surface area (Å²) in [6, 6.07) is 0.202. The van der Waals surface area contributed by atoms with Crippen molar-refractivity contribution in [3.05, 3.63) is 11.6 Å². The molecule has 1 amide bonds. The van der Waals surface area contributed by atoms with Crippen LogP contribution in [-0.4, -0.2) is 30.2 Å². The molecule has 72 valence electrons. The lowest BCUT2D eigenvalue weighted by atomic mass is 10.0. The van der Waals surface area contributed by atoms with Crippen molar-refractivity contribution >= 4 is 6.09 Å². The number of rotatable bonds is 0. The summed E-state index contributed by atoms with van der Waals surface area (Å²) >= 11 is 0. The molecule has 1 atom stereocenters. The monoisotopic (exact) mass is 181 g/mol. The number of carbonyl (C=O) groups is 1. The molecule has 0 spiro atoms. The Hall–Kier alpha value is -0.990. The zero-order valence-electron chi connectivity index (χ0n) is 7.95. The van der Waals surface area contributed by atoms with E-state index < -0.39 is 0 Å². The van der Waals surface area contributed by atoms with Gasteiger partial charge < -0.3 is 4.74 Å². The quantitative estimate of drug-likeness (QED) is 0.534. The van der Waals surface area contributed by atoms with Gasteiger partial charge in [0.2, 0.25) is 0 Å². The molecule has 0 aromatic rings. The third kappa shape index (κ3) is 1.69. The number of carbonyl (C=O) groups excluding carboxylic acids is 1. The van der Waals surface area contributed by atoms with Gasteiger partial charge in [-0.2, -0.15) is 0 Å². The van der Waals surface area contributed by atoms with E-state index in [2.05, 4.69) is 13.0 Å². The summed E-state index contributed by atoms with van der Waals surface area (Å²) in [4.78, 5) is 13.1. The first-order chi connectivity index (χ1) is 6.27. The lowest BCUT2D eigenvalue weighted by Gasteiger charge is -2.21. The molecule has 2 heterocycles. The van der Waals surface area contributed by atoms with Gasteiger partial charge in [0.05, 0.1) is 6.04 Å². The number of amides is 1. The minimum Gasteiger partial charge on any atom is -0.447 e. The SMILES string of the molecule is C/C1=C/C2COC(=O)N2CCCC1. The molecule has 2 aliphatic heterocycles. The summed E-state index contributed by atoms with van der Waals surface area (Å²) in [5.41, 5.74) is 1.38. The fourth-order valence-electron chi connectivity index (χ4n) is 1.96. The molecular formula is C10H15NO2. The van der Waals surface area contributed by atoms with Gasteiger partial charge in [-0.15, -0.1) is 0 Å². The predicted octanol–water partition coefficient (Wildman–Crippen LogP) is 1.94. The lowest BCUT2D eigenvalue weighted by molar-refractivity contribution is 0.157. The summed E-state index contributed by atoms with van der Waals surface area (Å²) in [5.74, 6) is 0. The van der Waals surface area contributed by atoms with Crippen LogP contribution in [0.1, 0.15) is 26.2 Å². The molecule has 0 aliphatic carbocycles. The zero-order valence-corrected chi connectivity index (χ0v) is 7.95. The molecule has 3 nitrogen and oxygen atoms in total. The van der Waals surface area contributed by atoms with Gasteiger partial charge in [0.25, 0.3) is 0 Å². The van der Waals surface area contributed by atoms with Crippen molar-refractivity contribution in [2.45, 2.75) is 32.2 Å². The molecule has 13 heavy (non-hydrogen) atoms. The Morgan fingerprint density at radius 2 is 2.38 bits per heavy atom. The number of hydrogen-bond acceptors (Lipinski definition) is 2. The smallest absolute Gasteiger partial charge is 0.410 e. The normalized spacial score (nSPS) is 32.7. The van der Waals surface area contributed by atoms with Gasteiger partial charge in [0, 0.05) is 6.54 Å². The summed E-state index contributed by atoms with van der Waals surface area (Å²) in [7, 11) is 0. The van der Waals surface area contributed by atoms with Crippen molar-refractivity contribution in [1.29, 1.82) is 0 Å². The Kier molecular flexibility index (Phi) is 2.25. The minimum atomic E-state index is -0.143. The third-order valence-electron chi connectivity index (χ3n) is 2.71. The highest BCUT2D eigenvalue weighted by Crippen LogP contribution is 2.20. The Morgan fingerprint density at radius 1 is 1.54 bits per heavy atom. The number of hydrogen-bond donors (Lipinski definition) is 0. The van der Waals surface area contributed by atoms with E-state index in [0.29, 0.717) is 6.61 Å².